The summed E-state index contributed by atoms with van der Waals surface area (Å²) in [6, 6.07) is 10.8. The molecule has 1 heterocycles. The molecule has 1 aliphatic heterocycles. The average Bonchev–Trinajstić information content (AvgIpc) is 2.84. The predicted octanol–water partition coefficient (Wildman–Crippen LogP) is 2.78. The van der Waals surface area contributed by atoms with Gasteiger partial charge in [0.15, 0.2) is 0 Å². The molecule has 3 amide bonds. The summed E-state index contributed by atoms with van der Waals surface area (Å²) in [7, 11) is 0. The Hall–Kier alpha value is -2.73. The smallest absolute Gasteiger partial charge is 0.263 e. The lowest BCUT2D eigenvalue weighted by molar-refractivity contribution is -0.121. The van der Waals surface area contributed by atoms with Crippen molar-refractivity contribution >= 4 is 29.3 Å². The van der Waals surface area contributed by atoms with Crippen molar-refractivity contribution in [1.29, 1.82) is 0 Å². The SMILES string of the molecule is O=C(CCN1C(=O)c2cccc(Cl)c2C1=O)NCc1ccccc1F. The zero-order valence-corrected chi connectivity index (χ0v) is 13.8. The number of halogens is 2. The number of amides is 3. The molecule has 0 unspecified atom stereocenters. The van der Waals surface area contributed by atoms with Crippen LogP contribution in [0, 0.1) is 5.82 Å². The molecule has 0 atom stereocenters. The Balaban J connectivity index is 1.58. The van der Waals surface area contributed by atoms with E-state index >= 15 is 0 Å². The first kappa shape index (κ1) is 17.1. The van der Waals surface area contributed by atoms with Crippen LogP contribution in [0.2, 0.25) is 5.02 Å². The maximum absolute atomic E-state index is 13.5. The highest BCUT2D eigenvalue weighted by Gasteiger charge is 2.36. The minimum atomic E-state index is -0.507. The molecule has 0 aliphatic carbocycles. The van der Waals surface area contributed by atoms with Crippen molar-refractivity contribution in [3.63, 3.8) is 0 Å². The van der Waals surface area contributed by atoms with Gasteiger partial charge < -0.3 is 5.32 Å². The maximum atomic E-state index is 13.5. The zero-order chi connectivity index (χ0) is 18.0. The van der Waals surface area contributed by atoms with Crippen molar-refractivity contribution in [2.24, 2.45) is 0 Å². The number of rotatable bonds is 5. The van der Waals surface area contributed by atoms with Crippen molar-refractivity contribution in [2.75, 3.05) is 6.54 Å². The second kappa shape index (κ2) is 7.03. The maximum Gasteiger partial charge on any atom is 0.263 e. The molecule has 0 aromatic heterocycles. The Morgan fingerprint density at radius 1 is 1.08 bits per heavy atom. The number of nitrogens with one attached hydrogen (secondary N) is 1. The van der Waals surface area contributed by atoms with Gasteiger partial charge in [0.2, 0.25) is 5.91 Å². The molecule has 0 saturated heterocycles. The van der Waals surface area contributed by atoms with Crippen molar-refractivity contribution in [3.8, 4) is 0 Å². The summed E-state index contributed by atoms with van der Waals surface area (Å²) in [5.41, 5.74) is 0.772. The largest absolute Gasteiger partial charge is 0.352 e. The number of carbonyl (C=O) groups excluding carboxylic acids is 3. The van der Waals surface area contributed by atoms with Gasteiger partial charge in [-0.15, -0.1) is 0 Å². The van der Waals surface area contributed by atoms with E-state index in [-0.39, 0.29) is 41.6 Å². The van der Waals surface area contributed by atoms with Gasteiger partial charge in [-0.1, -0.05) is 35.9 Å². The lowest BCUT2D eigenvalue weighted by Crippen LogP contribution is -2.34. The van der Waals surface area contributed by atoms with Gasteiger partial charge in [0, 0.05) is 25.1 Å². The van der Waals surface area contributed by atoms with Crippen LogP contribution < -0.4 is 5.32 Å². The van der Waals surface area contributed by atoms with Crippen molar-refractivity contribution in [1.82, 2.24) is 10.2 Å². The molecule has 2 aromatic rings. The molecule has 3 rings (SSSR count). The summed E-state index contributed by atoms with van der Waals surface area (Å²) >= 11 is 5.98. The van der Waals surface area contributed by atoms with Gasteiger partial charge in [-0.3, -0.25) is 19.3 Å². The summed E-state index contributed by atoms with van der Waals surface area (Å²) in [6.07, 6.45) is -0.0719. The fraction of sp³-hybridized carbons (Fsp3) is 0.167. The Kier molecular flexibility index (Phi) is 4.81. The van der Waals surface area contributed by atoms with Gasteiger partial charge in [0.05, 0.1) is 16.1 Å². The molecule has 0 saturated carbocycles. The first-order valence-electron chi connectivity index (χ1n) is 7.64. The van der Waals surface area contributed by atoms with Crippen LogP contribution in [0.3, 0.4) is 0 Å². The third kappa shape index (κ3) is 3.39. The molecular weight excluding hydrogens is 347 g/mol. The number of carbonyl (C=O) groups is 3. The van der Waals surface area contributed by atoms with E-state index in [4.69, 9.17) is 11.6 Å². The molecule has 128 valence electrons. The van der Waals surface area contributed by atoms with Crippen molar-refractivity contribution in [3.05, 3.63) is 70.0 Å². The van der Waals surface area contributed by atoms with E-state index in [1.807, 2.05) is 0 Å². The van der Waals surface area contributed by atoms with E-state index in [2.05, 4.69) is 5.32 Å². The summed E-state index contributed by atoms with van der Waals surface area (Å²) in [4.78, 5) is 37.5. The van der Waals surface area contributed by atoms with Crippen LogP contribution in [0.4, 0.5) is 4.39 Å². The normalized spacial score (nSPS) is 13.1. The van der Waals surface area contributed by atoms with Crippen LogP contribution in [0.15, 0.2) is 42.5 Å². The van der Waals surface area contributed by atoms with Crippen LogP contribution in [0.5, 0.6) is 0 Å². The molecule has 0 fully saturated rings. The van der Waals surface area contributed by atoms with E-state index in [1.165, 1.54) is 18.2 Å². The molecule has 1 N–H and O–H groups in total. The molecular formula is C18H14ClFN2O3. The zero-order valence-electron chi connectivity index (χ0n) is 13.1. The molecule has 0 radical (unpaired) electrons. The molecule has 5 nitrogen and oxygen atoms in total. The number of benzene rings is 2. The highest BCUT2D eigenvalue weighted by atomic mass is 35.5. The minimum Gasteiger partial charge on any atom is -0.352 e. The molecule has 2 aromatic carbocycles. The molecule has 0 spiro atoms. The van der Waals surface area contributed by atoms with Crippen LogP contribution in [-0.2, 0) is 11.3 Å². The number of hydrogen-bond acceptors (Lipinski definition) is 3. The van der Waals surface area contributed by atoms with Gasteiger partial charge >= 0.3 is 0 Å². The Labute approximate surface area is 148 Å². The second-order valence-corrected chi connectivity index (χ2v) is 5.95. The third-order valence-corrected chi connectivity index (χ3v) is 4.26. The van der Waals surface area contributed by atoms with Gasteiger partial charge in [-0.05, 0) is 18.2 Å². The monoisotopic (exact) mass is 360 g/mol. The number of nitrogens with zero attached hydrogens (tertiary/aromatic N) is 1. The first-order chi connectivity index (χ1) is 12.0. The van der Waals surface area contributed by atoms with Crippen LogP contribution in [-0.4, -0.2) is 29.2 Å². The van der Waals surface area contributed by atoms with Crippen LogP contribution >= 0.6 is 11.6 Å². The van der Waals surface area contributed by atoms with Crippen molar-refractivity contribution in [2.45, 2.75) is 13.0 Å². The Bertz CT molecular complexity index is 869. The summed E-state index contributed by atoms with van der Waals surface area (Å²) in [5.74, 6) is -1.76. The van der Waals surface area contributed by atoms with Gasteiger partial charge in [0.25, 0.3) is 11.8 Å². The lowest BCUT2D eigenvalue weighted by Gasteiger charge is -2.13. The quantitative estimate of drug-likeness (QED) is 0.834. The topological polar surface area (TPSA) is 66.5 Å². The van der Waals surface area contributed by atoms with E-state index in [9.17, 15) is 18.8 Å². The molecule has 1 aliphatic rings. The second-order valence-electron chi connectivity index (χ2n) is 5.54. The standard InChI is InChI=1S/C18H14ClFN2O3/c19-13-6-3-5-12-16(13)18(25)22(17(12)24)9-8-15(23)21-10-11-4-1-2-7-14(11)20/h1-7H,8-10H2,(H,21,23). The molecule has 7 heteroatoms. The fourth-order valence-corrected chi connectivity index (χ4v) is 2.89. The van der Waals surface area contributed by atoms with E-state index in [0.717, 1.165) is 4.90 Å². The van der Waals surface area contributed by atoms with E-state index in [0.29, 0.717) is 5.56 Å². The van der Waals surface area contributed by atoms with Gasteiger partial charge in [0.1, 0.15) is 5.82 Å². The molecule has 25 heavy (non-hydrogen) atoms. The van der Waals surface area contributed by atoms with Gasteiger partial charge in [-0.2, -0.15) is 0 Å². The lowest BCUT2D eigenvalue weighted by atomic mass is 10.1. The number of imide groups is 1. The highest BCUT2D eigenvalue weighted by molar-refractivity contribution is 6.37. The number of hydrogen-bond donors (Lipinski definition) is 1. The average molecular weight is 361 g/mol. The van der Waals surface area contributed by atoms with Crippen LogP contribution in [0.25, 0.3) is 0 Å². The Morgan fingerprint density at radius 3 is 2.56 bits per heavy atom. The van der Waals surface area contributed by atoms with E-state index < -0.39 is 17.6 Å². The third-order valence-electron chi connectivity index (χ3n) is 3.94. The summed E-state index contributed by atoms with van der Waals surface area (Å²) in [5, 5.41) is 2.78. The highest BCUT2D eigenvalue weighted by Crippen LogP contribution is 2.29. The summed E-state index contributed by atoms with van der Waals surface area (Å²) in [6.45, 7) is -0.0226. The fourth-order valence-electron chi connectivity index (χ4n) is 2.63. The number of fused-ring (bicyclic) bond motifs is 1. The molecule has 0 bridgehead atoms. The predicted molar refractivity (Wildman–Crippen MR) is 89.7 cm³/mol. The summed E-state index contributed by atoms with van der Waals surface area (Å²) < 4.78 is 13.5. The van der Waals surface area contributed by atoms with Crippen molar-refractivity contribution < 1.29 is 18.8 Å². The Morgan fingerprint density at radius 2 is 1.84 bits per heavy atom. The van der Waals surface area contributed by atoms with E-state index in [1.54, 1.807) is 24.3 Å². The first-order valence-corrected chi connectivity index (χ1v) is 8.01. The minimum absolute atomic E-state index is 0.0411. The van der Waals surface area contributed by atoms with Gasteiger partial charge in [-0.25, -0.2) is 4.39 Å². The van der Waals surface area contributed by atoms with Crippen LogP contribution in [0.1, 0.15) is 32.7 Å².